The number of benzene rings is 1. The van der Waals surface area contributed by atoms with Crippen molar-refractivity contribution in [2.24, 2.45) is 0 Å². The first-order valence-corrected chi connectivity index (χ1v) is 5.73. The third kappa shape index (κ3) is 2.24. The van der Waals surface area contributed by atoms with Crippen LogP contribution in [0.25, 0.3) is 11.3 Å². The van der Waals surface area contributed by atoms with Crippen LogP contribution in [0.4, 0.5) is 5.69 Å². The lowest BCUT2D eigenvalue weighted by atomic mass is 10.1. The van der Waals surface area contributed by atoms with Crippen LogP contribution in [0.2, 0.25) is 0 Å². The minimum Gasteiger partial charge on any atom is -0.379 e. The number of hydrogen-bond donors (Lipinski definition) is 3. The van der Waals surface area contributed by atoms with Gasteiger partial charge < -0.3 is 10.3 Å². The molecule has 0 spiro atoms. The Morgan fingerprint density at radius 1 is 1.11 bits per heavy atom. The Hall–Kier alpha value is -2.56. The van der Waals surface area contributed by atoms with E-state index in [-0.39, 0.29) is 0 Å². The molecule has 2 aromatic heterocycles. The van der Waals surface area contributed by atoms with Gasteiger partial charge >= 0.3 is 0 Å². The fraction of sp³-hybridized carbons (Fsp3) is 0.0769. The molecule has 0 atom stereocenters. The number of rotatable bonds is 4. The van der Waals surface area contributed by atoms with Crippen LogP contribution in [0.3, 0.4) is 0 Å². The van der Waals surface area contributed by atoms with Crippen molar-refractivity contribution in [1.29, 1.82) is 0 Å². The summed E-state index contributed by atoms with van der Waals surface area (Å²) < 4.78 is 0. The van der Waals surface area contributed by atoms with Gasteiger partial charge in [-0.3, -0.25) is 5.10 Å². The molecule has 3 aromatic rings. The van der Waals surface area contributed by atoms with Gasteiger partial charge in [0, 0.05) is 18.1 Å². The Kier molecular flexibility index (Phi) is 2.79. The highest BCUT2D eigenvalue weighted by atomic mass is 15.1. The highest BCUT2D eigenvalue weighted by Gasteiger charge is 1.99. The average molecular weight is 239 g/mol. The van der Waals surface area contributed by atoms with E-state index in [1.165, 1.54) is 0 Å². The average Bonchev–Trinajstić information content (AvgIpc) is 3.10. The van der Waals surface area contributed by atoms with E-state index in [1.54, 1.807) is 12.5 Å². The molecule has 0 saturated heterocycles. The molecule has 0 bridgehead atoms. The smallest absolute Gasteiger partial charge is 0.0922 e. The molecule has 0 saturated carbocycles. The first-order valence-electron chi connectivity index (χ1n) is 5.73. The van der Waals surface area contributed by atoms with Crippen molar-refractivity contribution in [1.82, 2.24) is 20.2 Å². The molecule has 0 amide bonds. The molecule has 18 heavy (non-hydrogen) atoms. The molecular formula is C13H13N5. The third-order valence-electron chi connectivity index (χ3n) is 2.73. The molecule has 1 aromatic carbocycles. The van der Waals surface area contributed by atoms with E-state index in [9.17, 15) is 0 Å². The van der Waals surface area contributed by atoms with Gasteiger partial charge in [-0.25, -0.2) is 4.98 Å². The zero-order valence-corrected chi connectivity index (χ0v) is 9.72. The summed E-state index contributed by atoms with van der Waals surface area (Å²) in [6, 6.07) is 10.2. The molecule has 3 rings (SSSR count). The molecule has 3 N–H and O–H groups in total. The third-order valence-corrected chi connectivity index (χ3v) is 2.73. The zero-order chi connectivity index (χ0) is 12.2. The Morgan fingerprint density at radius 2 is 2.00 bits per heavy atom. The van der Waals surface area contributed by atoms with E-state index in [1.807, 2.05) is 24.4 Å². The lowest BCUT2D eigenvalue weighted by molar-refractivity contribution is 1.07. The molecule has 5 heteroatoms. The van der Waals surface area contributed by atoms with E-state index in [0.29, 0.717) is 0 Å². The normalized spacial score (nSPS) is 10.4. The standard InChI is InChI=1S/C13H13N5/c1-3-11(15-8-12-7-14-9-16-12)4-2-10(1)13-5-6-17-18-13/h1-7,9,15H,8H2,(H,14,16)(H,17,18). The quantitative estimate of drug-likeness (QED) is 0.654. The van der Waals surface area contributed by atoms with Gasteiger partial charge in [-0.2, -0.15) is 5.10 Å². The second-order valence-electron chi connectivity index (χ2n) is 3.98. The van der Waals surface area contributed by atoms with Gasteiger partial charge in [0.05, 0.1) is 24.3 Å². The Bertz CT molecular complexity index is 581. The summed E-state index contributed by atoms with van der Waals surface area (Å²) >= 11 is 0. The minimum atomic E-state index is 0.739. The number of hydrogen-bond acceptors (Lipinski definition) is 3. The van der Waals surface area contributed by atoms with Crippen molar-refractivity contribution in [2.75, 3.05) is 5.32 Å². The summed E-state index contributed by atoms with van der Waals surface area (Å²) in [4.78, 5) is 7.03. The van der Waals surface area contributed by atoms with E-state index in [2.05, 4.69) is 37.6 Å². The predicted molar refractivity (Wildman–Crippen MR) is 69.9 cm³/mol. The molecule has 0 radical (unpaired) electrons. The van der Waals surface area contributed by atoms with Gasteiger partial charge in [-0.05, 0) is 23.8 Å². The molecule has 0 aliphatic heterocycles. The number of aromatic nitrogens is 4. The summed E-state index contributed by atoms with van der Waals surface area (Å²) in [6.07, 6.45) is 5.24. The van der Waals surface area contributed by atoms with Gasteiger partial charge in [0.1, 0.15) is 0 Å². The van der Waals surface area contributed by atoms with Crippen LogP contribution in [0.1, 0.15) is 5.69 Å². The molecule has 0 aliphatic carbocycles. The summed E-state index contributed by atoms with van der Waals surface area (Å²) in [6.45, 7) is 0.739. The fourth-order valence-electron chi connectivity index (χ4n) is 1.76. The Morgan fingerprint density at radius 3 is 2.67 bits per heavy atom. The second-order valence-corrected chi connectivity index (χ2v) is 3.98. The van der Waals surface area contributed by atoms with Crippen molar-refractivity contribution in [3.8, 4) is 11.3 Å². The van der Waals surface area contributed by atoms with Gasteiger partial charge in [-0.1, -0.05) is 12.1 Å². The molecule has 0 aliphatic rings. The largest absolute Gasteiger partial charge is 0.379 e. The van der Waals surface area contributed by atoms with Gasteiger partial charge in [-0.15, -0.1) is 0 Å². The minimum absolute atomic E-state index is 0.739. The molecule has 5 nitrogen and oxygen atoms in total. The Balaban J connectivity index is 1.68. The number of imidazole rings is 1. The van der Waals surface area contributed by atoms with Crippen molar-refractivity contribution >= 4 is 5.69 Å². The molecule has 0 fully saturated rings. The first kappa shape index (κ1) is 10.6. The summed E-state index contributed by atoms with van der Waals surface area (Å²) in [5.74, 6) is 0. The second kappa shape index (κ2) is 4.75. The van der Waals surface area contributed by atoms with E-state index in [4.69, 9.17) is 0 Å². The molecular weight excluding hydrogens is 226 g/mol. The van der Waals surface area contributed by atoms with Crippen molar-refractivity contribution in [2.45, 2.75) is 6.54 Å². The number of anilines is 1. The monoisotopic (exact) mass is 239 g/mol. The number of nitrogens with one attached hydrogen (secondary N) is 3. The van der Waals surface area contributed by atoms with Crippen LogP contribution in [-0.4, -0.2) is 20.2 Å². The lowest BCUT2D eigenvalue weighted by Crippen LogP contribution is -1.99. The van der Waals surface area contributed by atoms with Crippen LogP contribution in [0.5, 0.6) is 0 Å². The van der Waals surface area contributed by atoms with E-state index >= 15 is 0 Å². The van der Waals surface area contributed by atoms with Crippen molar-refractivity contribution in [3.63, 3.8) is 0 Å². The Labute approximate surface area is 104 Å². The SMILES string of the molecule is c1cc(-c2ccc(NCc3cnc[nH]3)cc2)[nH]n1. The highest BCUT2D eigenvalue weighted by molar-refractivity contribution is 5.62. The maximum absolute atomic E-state index is 3.98. The van der Waals surface area contributed by atoms with Crippen LogP contribution >= 0.6 is 0 Å². The van der Waals surface area contributed by atoms with Gasteiger partial charge in [0.2, 0.25) is 0 Å². The topological polar surface area (TPSA) is 69.4 Å². The molecule has 0 unspecified atom stereocenters. The van der Waals surface area contributed by atoms with Crippen LogP contribution in [0, 0.1) is 0 Å². The summed E-state index contributed by atoms with van der Waals surface area (Å²) in [5, 5.41) is 10.2. The number of aromatic amines is 2. The van der Waals surface area contributed by atoms with Crippen LogP contribution in [0.15, 0.2) is 49.1 Å². The maximum Gasteiger partial charge on any atom is 0.0922 e. The summed E-state index contributed by atoms with van der Waals surface area (Å²) in [5.41, 5.74) is 4.29. The van der Waals surface area contributed by atoms with E-state index in [0.717, 1.165) is 29.2 Å². The highest BCUT2D eigenvalue weighted by Crippen LogP contribution is 2.19. The molecule has 2 heterocycles. The summed E-state index contributed by atoms with van der Waals surface area (Å²) in [7, 11) is 0. The predicted octanol–water partition coefficient (Wildman–Crippen LogP) is 2.41. The van der Waals surface area contributed by atoms with Gasteiger partial charge in [0.25, 0.3) is 0 Å². The maximum atomic E-state index is 3.98. The van der Waals surface area contributed by atoms with Crippen LogP contribution < -0.4 is 5.32 Å². The first-order chi connectivity index (χ1) is 8.92. The zero-order valence-electron chi connectivity index (χ0n) is 9.72. The van der Waals surface area contributed by atoms with Crippen molar-refractivity contribution < 1.29 is 0 Å². The molecule has 90 valence electrons. The van der Waals surface area contributed by atoms with E-state index < -0.39 is 0 Å². The van der Waals surface area contributed by atoms with Gasteiger partial charge in [0.15, 0.2) is 0 Å². The fourth-order valence-corrected chi connectivity index (χ4v) is 1.76. The van der Waals surface area contributed by atoms with Crippen LogP contribution in [-0.2, 0) is 6.54 Å². The number of nitrogens with zero attached hydrogens (tertiary/aromatic N) is 2. The van der Waals surface area contributed by atoms with Crippen molar-refractivity contribution in [3.05, 3.63) is 54.7 Å². The number of H-pyrrole nitrogens is 2. The lowest BCUT2D eigenvalue weighted by Gasteiger charge is -2.05.